The van der Waals surface area contributed by atoms with Crippen molar-refractivity contribution in [3.05, 3.63) is 0 Å². The molecule has 56 valence electrons. The Bertz CT molecular complexity index is 189. The summed E-state index contributed by atoms with van der Waals surface area (Å²) in [5.41, 5.74) is 0. The molecule has 0 aliphatic rings. The Morgan fingerprint density at radius 3 is 2.60 bits per heavy atom. The summed E-state index contributed by atoms with van der Waals surface area (Å²) in [4.78, 5) is 9.50. The fraction of sp³-hybridized carbons (Fsp3) is 0.667. The summed E-state index contributed by atoms with van der Waals surface area (Å²) in [5.74, 6) is 0. The SMILES string of the molecule is [B]S(=O)(=O)NCCOC=O. The number of nitrogens with one attached hydrogen (secondary N) is 1. The molecule has 0 aromatic heterocycles. The van der Waals surface area contributed by atoms with Crippen LogP contribution in [0.2, 0.25) is 0 Å². The predicted octanol–water partition coefficient (Wildman–Crippen LogP) is -1.84. The Labute approximate surface area is 60.1 Å². The van der Waals surface area contributed by atoms with Gasteiger partial charge >= 0.3 is 0 Å². The summed E-state index contributed by atoms with van der Waals surface area (Å²) in [6.07, 6.45) is 0. The van der Waals surface area contributed by atoms with Gasteiger partial charge in [-0.05, 0) is 0 Å². The van der Waals surface area contributed by atoms with Crippen molar-refractivity contribution in [3.8, 4) is 0 Å². The Morgan fingerprint density at radius 2 is 2.20 bits per heavy atom. The summed E-state index contributed by atoms with van der Waals surface area (Å²) < 4.78 is 26.3. The molecule has 0 atom stereocenters. The third-order valence-electron chi connectivity index (χ3n) is 0.591. The molecule has 0 bridgehead atoms. The molecule has 0 unspecified atom stereocenters. The Kier molecular flexibility index (Phi) is 4.05. The van der Waals surface area contributed by atoms with Crippen molar-refractivity contribution in [2.75, 3.05) is 13.2 Å². The maximum atomic E-state index is 10.1. The van der Waals surface area contributed by atoms with Crippen LogP contribution in [0.3, 0.4) is 0 Å². The monoisotopic (exact) mass is 163 g/mol. The third-order valence-corrected chi connectivity index (χ3v) is 1.20. The molecule has 0 heterocycles. The second-order valence-electron chi connectivity index (χ2n) is 1.41. The lowest BCUT2D eigenvalue weighted by molar-refractivity contribution is -0.128. The number of carbonyl (C=O) groups is 1. The van der Waals surface area contributed by atoms with Crippen molar-refractivity contribution >= 4 is 23.5 Å². The van der Waals surface area contributed by atoms with Crippen molar-refractivity contribution in [2.24, 2.45) is 0 Å². The first kappa shape index (κ1) is 9.44. The van der Waals surface area contributed by atoms with E-state index >= 15 is 0 Å². The average Bonchev–Trinajstić information content (AvgIpc) is 1.78. The summed E-state index contributed by atoms with van der Waals surface area (Å²) >= 11 is 0. The van der Waals surface area contributed by atoms with E-state index in [9.17, 15) is 13.2 Å². The minimum absolute atomic E-state index is 0.00241. The van der Waals surface area contributed by atoms with Crippen molar-refractivity contribution in [1.29, 1.82) is 0 Å². The van der Waals surface area contributed by atoms with Crippen molar-refractivity contribution in [1.82, 2.24) is 4.72 Å². The van der Waals surface area contributed by atoms with Crippen LogP contribution in [-0.4, -0.2) is 35.2 Å². The molecule has 0 fully saturated rings. The van der Waals surface area contributed by atoms with Gasteiger partial charge < -0.3 is 4.74 Å². The topological polar surface area (TPSA) is 72.5 Å². The molecule has 1 N–H and O–H groups in total. The first-order chi connectivity index (χ1) is 4.56. The average molecular weight is 163 g/mol. The van der Waals surface area contributed by atoms with Gasteiger partial charge in [-0.25, -0.2) is 13.1 Å². The van der Waals surface area contributed by atoms with E-state index in [0.717, 1.165) is 0 Å². The molecule has 0 aliphatic heterocycles. The molecule has 0 amide bonds. The van der Waals surface area contributed by atoms with E-state index in [0.29, 0.717) is 0 Å². The van der Waals surface area contributed by atoms with Gasteiger partial charge in [0.15, 0.2) is 0 Å². The van der Waals surface area contributed by atoms with Gasteiger partial charge in [0.2, 0.25) is 0 Å². The fourth-order valence-electron chi connectivity index (χ4n) is 0.291. The van der Waals surface area contributed by atoms with Gasteiger partial charge in [0.1, 0.15) is 16.5 Å². The summed E-state index contributed by atoms with van der Waals surface area (Å²) in [5, 5.41) is 0. The van der Waals surface area contributed by atoms with Gasteiger partial charge in [0, 0.05) is 6.54 Å². The first-order valence-corrected chi connectivity index (χ1v) is 3.93. The minimum atomic E-state index is -3.65. The van der Waals surface area contributed by atoms with E-state index in [1.54, 1.807) is 0 Å². The number of ether oxygens (including phenoxy) is 1. The number of carbonyl (C=O) groups excluding carboxylic acids is 1. The van der Waals surface area contributed by atoms with Crippen molar-refractivity contribution in [3.63, 3.8) is 0 Å². The molecule has 0 saturated carbocycles. The van der Waals surface area contributed by atoms with Gasteiger partial charge in [-0.3, -0.25) is 4.79 Å². The van der Waals surface area contributed by atoms with Gasteiger partial charge in [-0.2, -0.15) is 0 Å². The van der Waals surface area contributed by atoms with Crippen LogP contribution in [0.15, 0.2) is 0 Å². The zero-order valence-corrected chi connectivity index (χ0v) is 5.93. The van der Waals surface area contributed by atoms with E-state index in [1.165, 1.54) is 0 Å². The molecule has 2 radical (unpaired) electrons. The van der Waals surface area contributed by atoms with Crippen LogP contribution < -0.4 is 4.72 Å². The Hall–Kier alpha value is -0.555. The van der Waals surface area contributed by atoms with E-state index in [2.05, 4.69) is 11.9 Å². The van der Waals surface area contributed by atoms with Crippen molar-refractivity contribution < 1.29 is 17.9 Å². The summed E-state index contributed by atoms with van der Waals surface area (Å²) in [6.45, 7) is 0.211. The lowest BCUT2D eigenvalue weighted by Gasteiger charge is -1.99. The molecule has 0 aromatic carbocycles. The van der Waals surface area contributed by atoms with E-state index in [-0.39, 0.29) is 19.6 Å². The van der Waals surface area contributed by atoms with E-state index in [1.807, 2.05) is 4.72 Å². The van der Waals surface area contributed by atoms with E-state index in [4.69, 9.17) is 0 Å². The van der Waals surface area contributed by atoms with Gasteiger partial charge in [0.05, 0.1) is 0 Å². The van der Waals surface area contributed by atoms with Crippen LogP contribution in [0.5, 0.6) is 0 Å². The lowest BCUT2D eigenvalue weighted by Crippen LogP contribution is -2.26. The molecule has 7 heteroatoms. The van der Waals surface area contributed by atoms with Gasteiger partial charge in [-0.15, -0.1) is 0 Å². The molecule has 0 saturated heterocycles. The second kappa shape index (κ2) is 4.29. The second-order valence-corrected chi connectivity index (χ2v) is 2.79. The molecule has 0 spiro atoms. The van der Waals surface area contributed by atoms with E-state index < -0.39 is 9.87 Å². The number of hydrogen-bond donors (Lipinski definition) is 1. The minimum Gasteiger partial charge on any atom is -0.467 e. The first-order valence-electron chi connectivity index (χ1n) is 2.39. The lowest BCUT2D eigenvalue weighted by atomic mass is 10.7. The van der Waals surface area contributed by atoms with Crippen molar-refractivity contribution in [2.45, 2.75) is 0 Å². The zero-order chi connectivity index (χ0) is 8.04. The molecular weight excluding hydrogens is 157 g/mol. The molecule has 0 aliphatic carbocycles. The van der Waals surface area contributed by atoms with Crippen LogP contribution in [0.1, 0.15) is 0 Å². The maximum Gasteiger partial charge on any atom is 0.293 e. The van der Waals surface area contributed by atoms with Crippen LogP contribution >= 0.6 is 0 Å². The van der Waals surface area contributed by atoms with Gasteiger partial charge in [0.25, 0.3) is 13.6 Å². The van der Waals surface area contributed by atoms with Gasteiger partial charge in [-0.1, -0.05) is 0 Å². The maximum absolute atomic E-state index is 10.1. The third kappa shape index (κ3) is 7.44. The summed E-state index contributed by atoms with van der Waals surface area (Å²) in [6, 6.07) is 0. The standard InChI is InChI=1S/C3H6BNO4S/c4-10(7,8)5-1-2-9-3-6/h3,5H,1-2H2. The fourth-order valence-corrected chi connectivity index (χ4v) is 0.659. The Balaban J connectivity index is 3.29. The smallest absolute Gasteiger partial charge is 0.293 e. The Morgan fingerprint density at radius 1 is 1.60 bits per heavy atom. The molecular formula is C3H6BNO4S. The molecule has 0 rings (SSSR count). The van der Waals surface area contributed by atoms with Crippen LogP contribution in [0, 0.1) is 0 Å². The molecule has 5 nitrogen and oxygen atoms in total. The highest BCUT2D eigenvalue weighted by molar-refractivity contribution is 8.10. The number of rotatable bonds is 5. The van der Waals surface area contributed by atoms with Crippen LogP contribution in [-0.2, 0) is 19.4 Å². The summed E-state index contributed by atoms with van der Waals surface area (Å²) in [7, 11) is 0.884. The molecule has 10 heavy (non-hydrogen) atoms. The predicted molar refractivity (Wildman–Crippen MR) is 34.7 cm³/mol. The van der Waals surface area contributed by atoms with Crippen LogP contribution in [0.25, 0.3) is 0 Å². The number of hydrogen-bond acceptors (Lipinski definition) is 4. The quantitative estimate of drug-likeness (QED) is 0.293. The highest BCUT2D eigenvalue weighted by Crippen LogP contribution is 1.71. The highest BCUT2D eigenvalue weighted by atomic mass is 32.2. The largest absolute Gasteiger partial charge is 0.467 e. The normalized spacial score (nSPS) is 10.8. The molecule has 0 aromatic rings. The van der Waals surface area contributed by atoms with Crippen LogP contribution in [0.4, 0.5) is 0 Å². The zero-order valence-electron chi connectivity index (χ0n) is 5.11. The highest BCUT2D eigenvalue weighted by Gasteiger charge is 1.97.